The molecule has 12 heteroatoms. The lowest BCUT2D eigenvalue weighted by molar-refractivity contribution is -0.0486. The Hall–Kier alpha value is -2.15. The Kier molecular flexibility index (Phi) is 5.22. The van der Waals surface area contributed by atoms with Crippen molar-refractivity contribution in [3.63, 3.8) is 0 Å². The topological polar surface area (TPSA) is 167 Å². The van der Waals surface area contributed by atoms with Crippen LogP contribution in [0.1, 0.15) is 12.6 Å². The van der Waals surface area contributed by atoms with Gasteiger partial charge in [-0.05, 0) is 0 Å². The predicted octanol–water partition coefficient (Wildman–Crippen LogP) is -1.35. The third-order valence-electron chi connectivity index (χ3n) is 3.77. The summed E-state index contributed by atoms with van der Waals surface area (Å²) in [4.78, 5) is 12.9. The molecule has 0 spiro atoms. The van der Waals surface area contributed by atoms with E-state index in [2.05, 4.69) is 38.2 Å². The van der Waals surface area contributed by atoms with Gasteiger partial charge in [-0.2, -0.15) is 4.98 Å². The van der Waals surface area contributed by atoms with Crippen LogP contribution in [0, 0.1) is 5.41 Å². The van der Waals surface area contributed by atoms with Crippen molar-refractivity contribution >= 4 is 35.7 Å². The van der Waals surface area contributed by atoms with E-state index >= 15 is 0 Å². The second-order valence-corrected chi connectivity index (χ2v) is 6.02. The van der Waals surface area contributed by atoms with Crippen molar-refractivity contribution in [2.45, 2.75) is 29.9 Å². The first-order valence-corrected chi connectivity index (χ1v) is 8.14. The average molecular weight is 368 g/mol. The second-order valence-electron chi connectivity index (χ2n) is 5.60. The van der Waals surface area contributed by atoms with Crippen LogP contribution in [0.15, 0.2) is 11.4 Å². The van der Waals surface area contributed by atoms with Crippen molar-refractivity contribution in [2.24, 2.45) is 5.73 Å². The van der Waals surface area contributed by atoms with Crippen molar-refractivity contribution in [3.05, 3.63) is 6.33 Å². The lowest BCUT2D eigenvalue weighted by Crippen LogP contribution is -2.34. The maximum Gasteiger partial charge on any atom is 0.225 e. The standard InChI is InChI=1S/C13H20N8O3S/c14-12(15)16-1-2-17-13-19-9-8(10(25)20-13)18-5-21(9)11-7(23)3-6(4-22)24-11/h5-7,11,22-23H,1-4H2,(H4,14,15,16)(H2,17,19,20,25)/t6-,7?,11+/m0/s1. The summed E-state index contributed by atoms with van der Waals surface area (Å²) in [7, 11) is 0. The van der Waals surface area contributed by atoms with Gasteiger partial charge in [0.25, 0.3) is 0 Å². The highest BCUT2D eigenvalue weighted by molar-refractivity contribution is 7.80. The Morgan fingerprint density at radius 1 is 1.48 bits per heavy atom. The van der Waals surface area contributed by atoms with Crippen LogP contribution in [0.3, 0.4) is 0 Å². The number of nitrogens with two attached hydrogens (primary N) is 1. The summed E-state index contributed by atoms with van der Waals surface area (Å²) in [6, 6.07) is 0. The van der Waals surface area contributed by atoms with Gasteiger partial charge >= 0.3 is 0 Å². The maximum absolute atomic E-state index is 10.2. The Bertz CT molecular complexity index is 769. The number of aromatic nitrogens is 4. The van der Waals surface area contributed by atoms with Gasteiger partial charge in [0.1, 0.15) is 16.6 Å². The van der Waals surface area contributed by atoms with Crippen LogP contribution in [-0.4, -0.2) is 67.6 Å². The van der Waals surface area contributed by atoms with E-state index in [1.54, 1.807) is 4.57 Å². The number of rotatable bonds is 6. The molecule has 2 aromatic rings. The molecule has 0 aromatic carbocycles. The minimum Gasteiger partial charge on any atom is -0.394 e. The molecule has 0 bridgehead atoms. The number of aliphatic hydroxyl groups excluding tert-OH is 2. The zero-order chi connectivity index (χ0) is 18.0. The zero-order valence-corrected chi connectivity index (χ0v) is 14.1. The molecular weight excluding hydrogens is 348 g/mol. The van der Waals surface area contributed by atoms with Crippen LogP contribution in [0.4, 0.5) is 5.95 Å². The number of hydrogen-bond acceptors (Lipinski definition) is 9. The summed E-state index contributed by atoms with van der Waals surface area (Å²) in [6.45, 7) is 0.713. The summed E-state index contributed by atoms with van der Waals surface area (Å²) < 4.78 is 7.26. The van der Waals surface area contributed by atoms with Gasteiger partial charge < -0.3 is 31.3 Å². The molecule has 0 saturated carbocycles. The normalized spacial score (nSPS) is 23.1. The molecule has 1 unspecified atom stereocenters. The molecule has 1 aliphatic rings. The second kappa shape index (κ2) is 7.39. The van der Waals surface area contributed by atoms with E-state index in [4.69, 9.17) is 15.9 Å². The van der Waals surface area contributed by atoms with Gasteiger partial charge in [0.2, 0.25) is 5.95 Å². The third-order valence-corrected chi connectivity index (χ3v) is 4.08. The number of hydrogen-bond donors (Lipinski definition) is 7. The number of fused-ring (bicyclic) bond motifs is 1. The summed E-state index contributed by atoms with van der Waals surface area (Å²) in [6.07, 6.45) is -0.0407. The smallest absolute Gasteiger partial charge is 0.225 e. The van der Waals surface area contributed by atoms with Crippen LogP contribution in [0.25, 0.3) is 11.2 Å². The molecule has 3 heterocycles. The van der Waals surface area contributed by atoms with Crippen molar-refractivity contribution in [1.82, 2.24) is 24.8 Å². The number of imidazole rings is 1. The summed E-state index contributed by atoms with van der Waals surface area (Å²) in [5, 5.41) is 32.6. The minimum atomic E-state index is -0.774. The first kappa shape index (κ1) is 17.7. The average Bonchev–Trinajstić information content (AvgIpc) is 3.14. The molecule has 1 fully saturated rings. The van der Waals surface area contributed by atoms with E-state index in [9.17, 15) is 10.2 Å². The number of nitrogens with zero attached hydrogens (tertiary/aromatic N) is 4. The number of ether oxygens (including phenoxy) is 1. The molecule has 1 aliphatic heterocycles. The number of nitrogens with one attached hydrogen (secondary N) is 3. The first-order valence-electron chi connectivity index (χ1n) is 7.69. The number of anilines is 1. The van der Waals surface area contributed by atoms with Crippen LogP contribution in [0.5, 0.6) is 0 Å². The van der Waals surface area contributed by atoms with Gasteiger partial charge in [0, 0.05) is 19.5 Å². The van der Waals surface area contributed by atoms with Crippen molar-refractivity contribution < 1.29 is 14.9 Å². The minimum absolute atomic E-state index is 0.114. The van der Waals surface area contributed by atoms with Crippen LogP contribution < -0.4 is 16.4 Å². The van der Waals surface area contributed by atoms with E-state index in [1.807, 2.05) is 0 Å². The maximum atomic E-state index is 10.2. The molecule has 3 atom stereocenters. The lowest BCUT2D eigenvalue weighted by atomic mass is 10.2. The monoisotopic (exact) mass is 368 g/mol. The van der Waals surface area contributed by atoms with Gasteiger partial charge in [0.05, 0.1) is 19.0 Å². The molecule has 0 radical (unpaired) electrons. The molecule has 1 saturated heterocycles. The van der Waals surface area contributed by atoms with Crippen molar-refractivity contribution in [3.8, 4) is 0 Å². The van der Waals surface area contributed by atoms with Crippen LogP contribution in [-0.2, 0) is 4.74 Å². The molecular formula is C13H20N8O3S. The summed E-state index contributed by atoms with van der Waals surface area (Å²) >= 11 is 4.33. The molecule has 0 aliphatic carbocycles. The number of guanidine groups is 1. The zero-order valence-electron chi connectivity index (χ0n) is 13.3. The van der Waals surface area contributed by atoms with Gasteiger partial charge in [0.15, 0.2) is 17.8 Å². The highest BCUT2D eigenvalue weighted by atomic mass is 32.1. The number of thiol groups is 1. The number of aliphatic hydroxyl groups is 2. The van der Waals surface area contributed by atoms with Crippen molar-refractivity contribution in [2.75, 3.05) is 25.0 Å². The van der Waals surface area contributed by atoms with E-state index in [-0.39, 0.29) is 12.6 Å². The van der Waals surface area contributed by atoms with Gasteiger partial charge in [-0.15, -0.1) is 12.6 Å². The van der Waals surface area contributed by atoms with Crippen molar-refractivity contribution in [1.29, 1.82) is 5.41 Å². The lowest BCUT2D eigenvalue weighted by Gasteiger charge is -2.16. The van der Waals surface area contributed by atoms with Gasteiger partial charge in [-0.3, -0.25) is 9.98 Å². The fourth-order valence-corrected chi connectivity index (χ4v) is 2.89. The van der Waals surface area contributed by atoms with Gasteiger partial charge in [-0.1, -0.05) is 0 Å². The molecule has 11 nitrogen and oxygen atoms in total. The Labute approximate surface area is 148 Å². The largest absolute Gasteiger partial charge is 0.394 e. The van der Waals surface area contributed by atoms with Crippen LogP contribution in [0.2, 0.25) is 0 Å². The van der Waals surface area contributed by atoms with Crippen LogP contribution >= 0.6 is 12.6 Å². The SMILES string of the molecule is N=C(N)NCCNc1nc(S)c2ncn([C@@H]3O[C@H](CO)CC3O)c2n1. The molecule has 25 heavy (non-hydrogen) atoms. The van der Waals surface area contributed by atoms with E-state index in [1.165, 1.54) is 6.33 Å². The highest BCUT2D eigenvalue weighted by Crippen LogP contribution is 2.31. The Balaban J connectivity index is 1.82. The molecule has 136 valence electrons. The highest BCUT2D eigenvalue weighted by Gasteiger charge is 2.36. The summed E-state index contributed by atoms with van der Waals surface area (Å²) in [5.74, 6) is 0.215. The third kappa shape index (κ3) is 3.76. The predicted molar refractivity (Wildman–Crippen MR) is 92.6 cm³/mol. The van der Waals surface area contributed by atoms with E-state index in [0.717, 1.165) is 0 Å². The van der Waals surface area contributed by atoms with E-state index < -0.39 is 18.4 Å². The molecule has 7 N–H and O–H groups in total. The Morgan fingerprint density at radius 2 is 2.28 bits per heavy atom. The van der Waals surface area contributed by atoms with E-state index in [0.29, 0.717) is 41.6 Å². The Morgan fingerprint density at radius 3 is 2.96 bits per heavy atom. The first-order chi connectivity index (χ1) is 12.0. The fraction of sp³-hybridized carbons (Fsp3) is 0.538. The fourth-order valence-electron chi connectivity index (χ4n) is 2.64. The summed E-state index contributed by atoms with van der Waals surface area (Å²) in [5.41, 5.74) is 6.16. The molecule has 3 rings (SSSR count). The quantitative estimate of drug-likeness (QED) is 0.107. The molecule has 2 aromatic heterocycles. The molecule has 0 amide bonds. The van der Waals surface area contributed by atoms with Gasteiger partial charge in [-0.25, -0.2) is 9.97 Å².